The van der Waals surface area contributed by atoms with E-state index in [0.717, 1.165) is 62.7 Å². The van der Waals surface area contributed by atoms with Gasteiger partial charge in [0, 0.05) is 55.9 Å². The van der Waals surface area contributed by atoms with Gasteiger partial charge in [-0.2, -0.15) is 0 Å². The van der Waals surface area contributed by atoms with Crippen molar-refractivity contribution in [2.45, 2.75) is 19.3 Å². The van der Waals surface area contributed by atoms with Crippen LogP contribution in [0.3, 0.4) is 0 Å². The lowest BCUT2D eigenvalue weighted by Gasteiger charge is -2.36. The molecule has 1 amide bonds. The van der Waals surface area contributed by atoms with E-state index in [4.69, 9.17) is 16.3 Å². The van der Waals surface area contributed by atoms with E-state index < -0.39 is 0 Å². The Labute approximate surface area is 206 Å². The number of benzene rings is 3. The molecule has 0 spiro atoms. The zero-order valence-electron chi connectivity index (χ0n) is 19.5. The number of methoxy groups -OCH3 is 1. The van der Waals surface area contributed by atoms with Crippen molar-refractivity contribution in [1.29, 1.82) is 0 Å². The number of halogens is 1. The van der Waals surface area contributed by atoms with E-state index in [1.807, 2.05) is 41.3 Å². The Bertz CT molecular complexity index is 1170. The van der Waals surface area contributed by atoms with Crippen LogP contribution in [-0.4, -0.2) is 50.6 Å². The number of carbonyl (C=O) groups excluding carboxylic acids is 1. The Balaban J connectivity index is 1.27. The summed E-state index contributed by atoms with van der Waals surface area (Å²) in [5.74, 6) is 0.997. The normalized spacial score (nSPS) is 15.9. The van der Waals surface area contributed by atoms with Gasteiger partial charge >= 0.3 is 0 Å². The van der Waals surface area contributed by atoms with Crippen LogP contribution in [0, 0.1) is 0 Å². The van der Waals surface area contributed by atoms with E-state index in [1.54, 1.807) is 7.11 Å². The fourth-order valence-corrected chi connectivity index (χ4v) is 5.13. The van der Waals surface area contributed by atoms with Crippen molar-refractivity contribution < 1.29 is 9.53 Å². The SMILES string of the molecule is COc1cccc(N2CCN(CCC(=O)N3c4ccccc4CCc4ccc(Cl)cc43)CC2)c1. The lowest BCUT2D eigenvalue weighted by molar-refractivity contribution is -0.118. The second kappa shape index (κ2) is 10.1. The fourth-order valence-electron chi connectivity index (χ4n) is 4.97. The number of ether oxygens (including phenoxy) is 1. The summed E-state index contributed by atoms with van der Waals surface area (Å²) in [7, 11) is 1.70. The molecule has 5 rings (SSSR count). The van der Waals surface area contributed by atoms with Crippen LogP contribution >= 0.6 is 11.6 Å². The van der Waals surface area contributed by atoms with Gasteiger partial charge in [0.1, 0.15) is 5.75 Å². The Kier molecular flexibility index (Phi) is 6.75. The lowest BCUT2D eigenvalue weighted by atomic mass is 10.0. The predicted octanol–water partition coefficient (Wildman–Crippen LogP) is 5.32. The first-order valence-corrected chi connectivity index (χ1v) is 12.3. The van der Waals surface area contributed by atoms with Crippen LogP contribution in [-0.2, 0) is 17.6 Å². The first-order valence-electron chi connectivity index (χ1n) is 11.9. The van der Waals surface area contributed by atoms with E-state index in [9.17, 15) is 4.79 Å². The molecule has 0 N–H and O–H groups in total. The molecule has 2 aliphatic rings. The molecule has 34 heavy (non-hydrogen) atoms. The van der Waals surface area contributed by atoms with Crippen molar-refractivity contribution >= 4 is 34.6 Å². The number of hydrogen-bond donors (Lipinski definition) is 0. The third kappa shape index (κ3) is 4.77. The molecule has 1 fully saturated rings. The molecular weight excluding hydrogens is 446 g/mol. The topological polar surface area (TPSA) is 36.0 Å². The van der Waals surface area contributed by atoms with Crippen LogP contribution in [0.5, 0.6) is 5.75 Å². The zero-order valence-corrected chi connectivity index (χ0v) is 20.3. The summed E-state index contributed by atoms with van der Waals surface area (Å²) in [6, 6.07) is 22.3. The molecule has 0 unspecified atom stereocenters. The van der Waals surface area contributed by atoms with Gasteiger partial charge < -0.3 is 9.64 Å². The number of rotatable bonds is 5. The quantitative estimate of drug-likeness (QED) is 0.500. The van der Waals surface area contributed by atoms with E-state index in [2.05, 4.69) is 40.1 Å². The Morgan fingerprint density at radius 2 is 1.65 bits per heavy atom. The molecule has 2 heterocycles. The van der Waals surface area contributed by atoms with Crippen molar-refractivity contribution in [3.05, 3.63) is 82.9 Å². The molecular formula is C28H30ClN3O2. The number of aryl methyl sites for hydroxylation is 2. The van der Waals surface area contributed by atoms with Crippen LogP contribution in [0.4, 0.5) is 17.1 Å². The molecule has 0 radical (unpaired) electrons. The minimum Gasteiger partial charge on any atom is -0.497 e. The molecule has 6 heteroatoms. The van der Waals surface area contributed by atoms with Gasteiger partial charge in [-0.25, -0.2) is 0 Å². The molecule has 0 saturated carbocycles. The third-order valence-electron chi connectivity index (χ3n) is 6.87. The third-order valence-corrected chi connectivity index (χ3v) is 7.10. The molecule has 3 aromatic carbocycles. The first-order chi connectivity index (χ1) is 16.6. The minimum absolute atomic E-state index is 0.119. The minimum atomic E-state index is 0.119. The highest BCUT2D eigenvalue weighted by Gasteiger charge is 2.27. The van der Waals surface area contributed by atoms with Gasteiger partial charge in [-0.05, 0) is 54.3 Å². The van der Waals surface area contributed by atoms with E-state index >= 15 is 0 Å². The fraction of sp³-hybridized carbons (Fsp3) is 0.321. The van der Waals surface area contributed by atoms with Crippen molar-refractivity contribution in [2.75, 3.05) is 49.6 Å². The van der Waals surface area contributed by atoms with E-state index in [0.29, 0.717) is 11.4 Å². The van der Waals surface area contributed by atoms with Gasteiger partial charge in [-0.3, -0.25) is 14.6 Å². The number of fused-ring (bicyclic) bond motifs is 2. The van der Waals surface area contributed by atoms with Gasteiger partial charge in [0.15, 0.2) is 0 Å². The average Bonchev–Trinajstić information content (AvgIpc) is 3.04. The number of anilines is 3. The van der Waals surface area contributed by atoms with Gasteiger partial charge in [0.2, 0.25) is 5.91 Å². The maximum absolute atomic E-state index is 13.6. The van der Waals surface area contributed by atoms with Crippen LogP contribution in [0.15, 0.2) is 66.7 Å². The standard InChI is InChI=1S/C28H30ClN3O2/c1-34-25-7-4-6-24(20-25)31-17-15-30(16-18-31)14-13-28(33)32-26-8-3-2-5-21(26)9-10-22-11-12-23(29)19-27(22)32/h2-8,11-12,19-20H,9-10,13-18H2,1H3. The second-order valence-corrected chi connectivity index (χ2v) is 9.35. The second-order valence-electron chi connectivity index (χ2n) is 8.91. The predicted molar refractivity (Wildman–Crippen MR) is 139 cm³/mol. The van der Waals surface area contributed by atoms with Gasteiger partial charge in [-0.1, -0.05) is 41.9 Å². The van der Waals surface area contributed by atoms with E-state index in [-0.39, 0.29) is 5.91 Å². The highest BCUT2D eigenvalue weighted by Crippen LogP contribution is 2.38. The van der Waals surface area contributed by atoms with Crippen LogP contribution < -0.4 is 14.5 Å². The Morgan fingerprint density at radius 1 is 0.882 bits per heavy atom. The highest BCUT2D eigenvalue weighted by molar-refractivity contribution is 6.31. The number of nitrogens with zero attached hydrogens (tertiary/aromatic N) is 3. The molecule has 0 aromatic heterocycles. The van der Waals surface area contributed by atoms with Gasteiger partial charge in [0.25, 0.3) is 0 Å². The smallest absolute Gasteiger partial charge is 0.232 e. The molecule has 5 nitrogen and oxygen atoms in total. The number of carbonyl (C=O) groups is 1. The molecule has 2 aliphatic heterocycles. The number of piperazine rings is 1. The number of hydrogen-bond acceptors (Lipinski definition) is 4. The van der Waals surface area contributed by atoms with Gasteiger partial charge in [-0.15, -0.1) is 0 Å². The number of para-hydroxylation sites is 1. The van der Waals surface area contributed by atoms with E-state index in [1.165, 1.54) is 16.8 Å². The van der Waals surface area contributed by atoms with Crippen molar-refractivity contribution in [2.24, 2.45) is 0 Å². The van der Waals surface area contributed by atoms with Crippen molar-refractivity contribution in [3.8, 4) is 5.75 Å². The Hall–Kier alpha value is -3.02. The number of amides is 1. The molecule has 176 valence electrons. The molecule has 0 aliphatic carbocycles. The monoisotopic (exact) mass is 475 g/mol. The molecule has 3 aromatic rings. The summed E-state index contributed by atoms with van der Waals surface area (Å²) in [4.78, 5) is 20.3. The van der Waals surface area contributed by atoms with Crippen LogP contribution in [0.2, 0.25) is 5.02 Å². The summed E-state index contributed by atoms with van der Waals surface area (Å²) in [5.41, 5.74) is 5.46. The van der Waals surface area contributed by atoms with Crippen molar-refractivity contribution in [1.82, 2.24) is 4.90 Å². The van der Waals surface area contributed by atoms with Crippen LogP contribution in [0.1, 0.15) is 17.5 Å². The molecule has 0 atom stereocenters. The lowest BCUT2D eigenvalue weighted by Crippen LogP contribution is -2.47. The summed E-state index contributed by atoms with van der Waals surface area (Å²) in [5, 5.41) is 0.657. The highest BCUT2D eigenvalue weighted by atomic mass is 35.5. The maximum Gasteiger partial charge on any atom is 0.232 e. The summed E-state index contributed by atoms with van der Waals surface area (Å²) >= 11 is 6.35. The van der Waals surface area contributed by atoms with Gasteiger partial charge in [0.05, 0.1) is 18.5 Å². The summed E-state index contributed by atoms with van der Waals surface area (Å²) in [6.07, 6.45) is 2.29. The summed E-state index contributed by atoms with van der Waals surface area (Å²) in [6.45, 7) is 4.49. The van der Waals surface area contributed by atoms with Crippen molar-refractivity contribution in [3.63, 3.8) is 0 Å². The molecule has 0 bridgehead atoms. The largest absolute Gasteiger partial charge is 0.497 e. The summed E-state index contributed by atoms with van der Waals surface area (Å²) < 4.78 is 5.37. The maximum atomic E-state index is 13.6. The Morgan fingerprint density at radius 3 is 2.44 bits per heavy atom. The van der Waals surface area contributed by atoms with Crippen LogP contribution in [0.25, 0.3) is 0 Å². The molecule has 1 saturated heterocycles. The zero-order chi connectivity index (χ0) is 23.5. The first kappa shape index (κ1) is 22.8. The average molecular weight is 476 g/mol.